The molecule has 1 fully saturated rings. The Bertz CT molecular complexity index is 682. The van der Waals surface area contributed by atoms with Crippen molar-refractivity contribution >= 4 is 25.5 Å². The summed E-state index contributed by atoms with van der Waals surface area (Å²) >= 11 is 0. The normalized spacial score (nSPS) is 19.3. The molecule has 0 radical (unpaired) electrons. The number of anilines is 1. The van der Waals surface area contributed by atoms with Gasteiger partial charge in [0.1, 0.15) is 9.84 Å². The van der Waals surface area contributed by atoms with Crippen LogP contribution in [0.2, 0.25) is 0 Å². The number of nitrogens with two attached hydrogens (primary N) is 1. The Hall–Kier alpha value is -1.12. The number of nitrogens with zero attached hydrogens (tertiary/aromatic N) is 1. The molecule has 0 saturated carbocycles. The van der Waals surface area contributed by atoms with Crippen LogP contribution >= 0.6 is 0 Å². The van der Waals surface area contributed by atoms with E-state index in [2.05, 4.69) is 0 Å². The Morgan fingerprint density at radius 2 is 1.71 bits per heavy atom. The first-order valence-corrected chi connectivity index (χ1v) is 10.1. The fourth-order valence-electron chi connectivity index (χ4n) is 2.38. The van der Waals surface area contributed by atoms with Crippen LogP contribution < -0.4 is 10.0 Å². The maximum atomic E-state index is 12.6. The average molecular weight is 332 g/mol. The van der Waals surface area contributed by atoms with E-state index in [4.69, 9.17) is 5.73 Å². The Morgan fingerprint density at radius 3 is 2.19 bits per heavy atom. The van der Waals surface area contributed by atoms with Gasteiger partial charge >= 0.3 is 0 Å². The summed E-state index contributed by atoms with van der Waals surface area (Å²) in [4.78, 5) is 0. The second-order valence-corrected chi connectivity index (χ2v) is 9.78. The van der Waals surface area contributed by atoms with Crippen LogP contribution in [-0.2, 0) is 26.4 Å². The quantitative estimate of drug-likeness (QED) is 0.865. The Kier molecular flexibility index (Phi) is 4.60. The highest BCUT2D eigenvalue weighted by atomic mass is 32.2. The minimum Gasteiger partial charge on any atom is -0.326 e. The smallest absolute Gasteiger partial charge is 0.237 e. The SMILES string of the molecule is CN(c1ccc(CN)cc1)S(=O)(=O)C1CCS(=O)(=O)CC1. The number of rotatable bonds is 4. The summed E-state index contributed by atoms with van der Waals surface area (Å²) in [6.07, 6.45) is 0.325. The summed E-state index contributed by atoms with van der Waals surface area (Å²) in [5, 5.41) is -0.639. The Labute approximate surface area is 125 Å². The van der Waals surface area contributed by atoms with Gasteiger partial charge in [-0.2, -0.15) is 0 Å². The third-order valence-corrected chi connectivity index (χ3v) is 7.84. The van der Waals surface area contributed by atoms with E-state index in [1.165, 1.54) is 11.4 Å². The molecule has 8 heteroatoms. The monoisotopic (exact) mass is 332 g/mol. The van der Waals surface area contributed by atoms with Gasteiger partial charge < -0.3 is 5.73 Å². The van der Waals surface area contributed by atoms with Crippen LogP contribution in [0.5, 0.6) is 0 Å². The van der Waals surface area contributed by atoms with Gasteiger partial charge in [0.15, 0.2) is 0 Å². The summed E-state index contributed by atoms with van der Waals surface area (Å²) in [5.74, 6) is -0.117. The fraction of sp³-hybridized carbons (Fsp3) is 0.538. The molecule has 1 saturated heterocycles. The van der Waals surface area contributed by atoms with Gasteiger partial charge in [-0.05, 0) is 30.5 Å². The number of sulfonamides is 1. The first-order chi connectivity index (χ1) is 9.76. The van der Waals surface area contributed by atoms with Crippen molar-refractivity contribution in [2.75, 3.05) is 22.9 Å². The lowest BCUT2D eigenvalue weighted by atomic mass is 10.2. The molecule has 0 aliphatic carbocycles. The first kappa shape index (κ1) is 16.3. The topological polar surface area (TPSA) is 97.5 Å². The lowest BCUT2D eigenvalue weighted by Crippen LogP contribution is -2.40. The van der Waals surface area contributed by atoms with Crippen molar-refractivity contribution < 1.29 is 16.8 Å². The zero-order chi connectivity index (χ0) is 15.7. The molecule has 1 heterocycles. The molecule has 21 heavy (non-hydrogen) atoms. The lowest BCUT2D eigenvalue weighted by Gasteiger charge is -2.28. The summed E-state index contributed by atoms with van der Waals surface area (Å²) in [5.41, 5.74) is 7.00. The summed E-state index contributed by atoms with van der Waals surface area (Å²) < 4.78 is 49.2. The van der Waals surface area contributed by atoms with Crippen molar-refractivity contribution in [3.05, 3.63) is 29.8 Å². The van der Waals surface area contributed by atoms with Crippen molar-refractivity contribution in [2.45, 2.75) is 24.6 Å². The molecule has 118 valence electrons. The molecule has 1 aliphatic heterocycles. The van der Waals surface area contributed by atoms with E-state index in [9.17, 15) is 16.8 Å². The molecular formula is C13H20N2O4S2. The number of benzene rings is 1. The average Bonchev–Trinajstić information content (AvgIpc) is 2.46. The van der Waals surface area contributed by atoms with Crippen LogP contribution in [0.1, 0.15) is 18.4 Å². The zero-order valence-corrected chi connectivity index (χ0v) is 13.5. The molecule has 2 N–H and O–H groups in total. The van der Waals surface area contributed by atoms with E-state index in [-0.39, 0.29) is 24.3 Å². The van der Waals surface area contributed by atoms with Crippen LogP contribution in [0.4, 0.5) is 5.69 Å². The van der Waals surface area contributed by atoms with Crippen molar-refractivity contribution in [1.82, 2.24) is 0 Å². The summed E-state index contributed by atoms with van der Waals surface area (Å²) in [6.45, 7) is 0.400. The molecule has 0 bridgehead atoms. The van der Waals surface area contributed by atoms with E-state index in [1.54, 1.807) is 24.3 Å². The molecule has 2 rings (SSSR count). The highest BCUT2D eigenvalue weighted by Crippen LogP contribution is 2.25. The highest BCUT2D eigenvalue weighted by molar-refractivity contribution is 7.94. The van der Waals surface area contributed by atoms with Gasteiger partial charge in [-0.25, -0.2) is 16.8 Å². The first-order valence-electron chi connectivity index (χ1n) is 6.73. The zero-order valence-electron chi connectivity index (χ0n) is 11.9. The Balaban J connectivity index is 2.18. The fourth-order valence-corrected chi connectivity index (χ4v) is 5.86. The van der Waals surface area contributed by atoms with Crippen molar-refractivity contribution in [3.8, 4) is 0 Å². The van der Waals surface area contributed by atoms with Gasteiger partial charge in [-0.3, -0.25) is 4.31 Å². The highest BCUT2D eigenvalue weighted by Gasteiger charge is 2.35. The van der Waals surface area contributed by atoms with Crippen LogP contribution in [0, 0.1) is 0 Å². The maximum Gasteiger partial charge on any atom is 0.237 e. The predicted molar refractivity (Wildman–Crippen MR) is 83.3 cm³/mol. The maximum absolute atomic E-state index is 12.6. The lowest BCUT2D eigenvalue weighted by molar-refractivity contribution is 0.551. The van der Waals surface area contributed by atoms with Gasteiger partial charge in [0.05, 0.1) is 22.4 Å². The molecule has 0 atom stereocenters. The predicted octanol–water partition coefficient (Wildman–Crippen LogP) is 0.488. The number of hydrogen-bond donors (Lipinski definition) is 1. The molecule has 6 nitrogen and oxygen atoms in total. The van der Waals surface area contributed by atoms with Crippen LogP contribution in [-0.4, -0.2) is 40.6 Å². The van der Waals surface area contributed by atoms with Gasteiger partial charge in [-0.15, -0.1) is 0 Å². The van der Waals surface area contributed by atoms with E-state index in [0.29, 0.717) is 12.2 Å². The van der Waals surface area contributed by atoms with Crippen molar-refractivity contribution in [3.63, 3.8) is 0 Å². The molecule has 1 aromatic carbocycles. The molecule has 1 aromatic rings. The third kappa shape index (κ3) is 3.56. The Morgan fingerprint density at radius 1 is 1.19 bits per heavy atom. The van der Waals surface area contributed by atoms with Gasteiger partial charge in [0.25, 0.3) is 0 Å². The van der Waals surface area contributed by atoms with Crippen molar-refractivity contribution in [1.29, 1.82) is 0 Å². The van der Waals surface area contributed by atoms with E-state index >= 15 is 0 Å². The second kappa shape index (κ2) is 5.94. The van der Waals surface area contributed by atoms with Gasteiger partial charge in [-0.1, -0.05) is 12.1 Å². The largest absolute Gasteiger partial charge is 0.326 e. The standard InChI is InChI=1S/C13H20N2O4S2/c1-15(12-4-2-11(10-14)3-5-12)21(18,19)13-6-8-20(16,17)9-7-13/h2-5,13H,6-10,14H2,1H3. The summed E-state index contributed by atoms with van der Waals surface area (Å²) in [7, 11) is -5.12. The van der Waals surface area contributed by atoms with E-state index < -0.39 is 25.1 Å². The van der Waals surface area contributed by atoms with E-state index in [1.807, 2.05) is 0 Å². The third-order valence-electron chi connectivity index (χ3n) is 3.84. The summed E-state index contributed by atoms with van der Waals surface area (Å²) in [6, 6.07) is 6.98. The molecule has 0 aromatic heterocycles. The van der Waals surface area contributed by atoms with Crippen molar-refractivity contribution in [2.24, 2.45) is 5.73 Å². The van der Waals surface area contributed by atoms with Crippen LogP contribution in [0.25, 0.3) is 0 Å². The molecule has 1 aliphatic rings. The number of hydrogen-bond acceptors (Lipinski definition) is 5. The van der Waals surface area contributed by atoms with Crippen LogP contribution in [0.15, 0.2) is 24.3 Å². The van der Waals surface area contributed by atoms with Crippen LogP contribution in [0.3, 0.4) is 0 Å². The second-order valence-electron chi connectivity index (χ2n) is 5.23. The number of sulfone groups is 1. The minimum absolute atomic E-state index is 0.0587. The van der Waals surface area contributed by atoms with Gasteiger partial charge in [0.2, 0.25) is 10.0 Å². The molecule has 0 spiro atoms. The van der Waals surface area contributed by atoms with Gasteiger partial charge in [0, 0.05) is 13.6 Å². The molecular weight excluding hydrogens is 312 g/mol. The molecule has 0 unspecified atom stereocenters. The minimum atomic E-state index is -3.55. The molecule has 0 amide bonds. The van der Waals surface area contributed by atoms with E-state index in [0.717, 1.165) is 5.56 Å².